The van der Waals surface area contributed by atoms with Gasteiger partial charge in [-0.1, -0.05) is 0 Å². The second-order valence-corrected chi connectivity index (χ2v) is 8.23. The van der Waals surface area contributed by atoms with Gasteiger partial charge in [0.15, 0.2) is 0 Å². The summed E-state index contributed by atoms with van der Waals surface area (Å²) >= 11 is 0. The molecule has 0 bridgehead atoms. The zero-order chi connectivity index (χ0) is 18.8. The first-order valence-electron chi connectivity index (χ1n) is 6.73. The number of nitrogens with one attached hydrogen (secondary N) is 1. The standard InChI is InChI=1S/C13H15N4O6PS/c1-9-8-11(23-24(14,15)20)4-7-13(9)16-25(21,22)12-5-2-10(3-6-12)17(18)19/h2-8,16H,1H3,(H4,14,15,20). The summed E-state index contributed by atoms with van der Waals surface area (Å²) in [7, 11) is -7.66. The van der Waals surface area contributed by atoms with Crippen LogP contribution in [-0.4, -0.2) is 13.3 Å². The summed E-state index contributed by atoms with van der Waals surface area (Å²) in [5.74, 6) is 0.129. The number of nitro benzene ring substituents is 1. The van der Waals surface area contributed by atoms with Gasteiger partial charge in [0.2, 0.25) is 0 Å². The van der Waals surface area contributed by atoms with Crippen LogP contribution in [0.1, 0.15) is 5.56 Å². The van der Waals surface area contributed by atoms with Crippen molar-refractivity contribution in [1.29, 1.82) is 0 Å². The van der Waals surface area contributed by atoms with E-state index >= 15 is 0 Å². The van der Waals surface area contributed by atoms with Gasteiger partial charge >= 0.3 is 7.67 Å². The lowest BCUT2D eigenvalue weighted by atomic mass is 10.2. The number of benzene rings is 2. The molecule has 0 saturated heterocycles. The predicted octanol–water partition coefficient (Wildman–Crippen LogP) is 2.11. The van der Waals surface area contributed by atoms with E-state index in [4.69, 9.17) is 15.5 Å². The summed E-state index contributed by atoms with van der Waals surface area (Å²) in [4.78, 5) is 9.86. The summed E-state index contributed by atoms with van der Waals surface area (Å²) in [5.41, 5.74) is 10.7. The molecule has 0 aliphatic carbocycles. The Hall–Kier alpha value is -2.46. The number of non-ortho nitro benzene ring substituents is 1. The van der Waals surface area contributed by atoms with Gasteiger partial charge in [0, 0.05) is 12.1 Å². The highest BCUT2D eigenvalue weighted by Gasteiger charge is 2.18. The summed E-state index contributed by atoms with van der Waals surface area (Å²) in [5, 5.41) is 10.6. The van der Waals surface area contributed by atoms with Gasteiger partial charge in [0.25, 0.3) is 15.7 Å². The number of nitro groups is 1. The number of aryl methyl sites for hydroxylation is 1. The molecule has 0 atom stereocenters. The minimum Gasteiger partial charge on any atom is -0.422 e. The molecule has 134 valence electrons. The third-order valence-corrected chi connectivity index (χ3v) is 4.93. The molecule has 5 N–H and O–H groups in total. The van der Waals surface area contributed by atoms with Crippen LogP contribution < -0.4 is 20.3 Å². The number of nitrogens with zero attached hydrogens (tertiary/aromatic N) is 1. The number of hydrogen-bond donors (Lipinski definition) is 3. The Morgan fingerprint density at radius 1 is 1.16 bits per heavy atom. The van der Waals surface area contributed by atoms with Crippen molar-refractivity contribution in [3.8, 4) is 5.75 Å². The molecule has 0 heterocycles. The monoisotopic (exact) mass is 386 g/mol. The van der Waals surface area contributed by atoms with Crippen LogP contribution in [-0.2, 0) is 14.6 Å². The molecule has 0 aliphatic heterocycles. The van der Waals surface area contributed by atoms with Crippen LogP contribution in [0, 0.1) is 17.0 Å². The molecular weight excluding hydrogens is 371 g/mol. The van der Waals surface area contributed by atoms with E-state index in [1.54, 1.807) is 6.92 Å². The third kappa shape index (κ3) is 5.00. The van der Waals surface area contributed by atoms with Gasteiger partial charge in [-0.05, 0) is 42.8 Å². The third-order valence-electron chi connectivity index (χ3n) is 3.05. The van der Waals surface area contributed by atoms with Gasteiger partial charge in [-0.3, -0.25) is 14.8 Å². The number of hydrogen-bond acceptors (Lipinski definition) is 6. The lowest BCUT2D eigenvalue weighted by molar-refractivity contribution is -0.384. The minimum atomic E-state index is -3.94. The number of rotatable bonds is 6. The van der Waals surface area contributed by atoms with Crippen LogP contribution in [0.2, 0.25) is 0 Å². The van der Waals surface area contributed by atoms with Crippen molar-refractivity contribution in [2.75, 3.05) is 4.72 Å². The van der Waals surface area contributed by atoms with Crippen LogP contribution in [0.15, 0.2) is 47.4 Å². The van der Waals surface area contributed by atoms with Crippen molar-refractivity contribution >= 4 is 29.1 Å². The molecule has 12 heteroatoms. The van der Waals surface area contributed by atoms with Crippen LogP contribution in [0.25, 0.3) is 0 Å². The Morgan fingerprint density at radius 3 is 2.24 bits per heavy atom. The predicted molar refractivity (Wildman–Crippen MR) is 91.7 cm³/mol. The van der Waals surface area contributed by atoms with E-state index in [9.17, 15) is 23.1 Å². The minimum absolute atomic E-state index is 0.129. The Bertz CT molecular complexity index is 955. The molecule has 0 spiro atoms. The van der Waals surface area contributed by atoms with Gasteiger partial charge in [-0.25, -0.2) is 24.0 Å². The van der Waals surface area contributed by atoms with Gasteiger partial charge in [0.05, 0.1) is 15.5 Å². The van der Waals surface area contributed by atoms with Gasteiger partial charge in [-0.2, -0.15) is 0 Å². The fourth-order valence-corrected chi connectivity index (χ4v) is 3.50. The highest BCUT2D eigenvalue weighted by molar-refractivity contribution is 7.92. The van der Waals surface area contributed by atoms with Crippen molar-refractivity contribution in [2.24, 2.45) is 11.0 Å². The number of sulfonamides is 1. The molecule has 25 heavy (non-hydrogen) atoms. The van der Waals surface area contributed by atoms with E-state index in [1.807, 2.05) is 0 Å². The molecular formula is C13H15N4O6PS. The Balaban J connectivity index is 2.25. The van der Waals surface area contributed by atoms with E-state index in [0.29, 0.717) is 5.56 Å². The highest BCUT2D eigenvalue weighted by Crippen LogP contribution is 2.33. The molecule has 2 aromatic carbocycles. The molecule has 2 rings (SSSR count). The Kier molecular flexibility index (Phi) is 5.14. The maximum absolute atomic E-state index is 12.4. The maximum Gasteiger partial charge on any atom is 0.385 e. The Labute approximate surface area is 143 Å². The molecule has 2 aromatic rings. The highest BCUT2D eigenvalue weighted by atomic mass is 32.2. The summed E-state index contributed by atoms with van der Waals surface area (Å²) in [6, 6.07) is 8.62. The molecule has 0 saturated carbocycles. The summed E-state index contributed by atoms with van der Waals surface area (Å²) in [6.07, 6.45) is 0. The van der Waals surface area contributed by atoms with Crippen molar-refractivity contribution in [2.45, 2.75) is 11.8 Å². The molecule has 10 nitrogen and oxygen atoms in total. The lowest BCUT2D eigenvalue weighted by Gasteiger charge is -2.13. The smallest absolute Gasteiger partial charge is 0.385 e. The fraction of sp³-hybridized carbons (Fsp3) is 0.0769. The molecule has 0 amide bonds. The average Bonchev–Trinajstić information content (AvgIpc) is 2.48. The van der Waals surface area contributed by atoms with Crippen molar-refractivity contribution < 1.29 is 22.4 Å². The van der Waals surface area contributed by atoms with Crippen molar-refractivity contribution in [3.63, 3.8) is 0 Å². The van der Waals surface area contributed by atoms with Gasteiger partial charge < -0.3 is 4.52 Å². The van der Waals surface area contributed by atoms with E-state index < -0.39 is 22.6 Å². The maximum atomic E-state index is 12.4. The largest absolute Gasteiger partial charge is 0.422 e. The normalized spacial score (nSPS) is 11.8. The van der Waals surface area contributed by atoms with E-state index in [0.717, 1.165) is 24.3 Å². The lowest BCUT2D eigenvalue weighted by Crippen LogP contribution is -2.14. The topological polar surface area (TPSA) is 168 Å². The van der Waals surface area contributed by atoms with Crippen LogP contribution >= 0.6 is 7.67 Å². The van der Waals surface area contributed by atoms with E-state index in [-0.39, 0.29) is 22.0 Å². The first-order valence-corrected chi connectivity index (χ1v) is 9.97. The number of nitrogens with two attached hydrogens (primary N) is 2. The van der Waals surface area contributed by atoms with Crippen LogP contribution in [0.4, 0.5) is 11.4 Å². The SMILES string of the molecule is Cc1cc(OP(N)(N)=O)ccc1NS(=O)(=O)c1ccc([N+](=O)[O-])cc1. The van der Waals surface area contributed by atoms with Crippen molar-refractivity contribution in [3.05, 3.63) is 58.1 Å². The average molecular weight is 386 g/mol. The molecule has 0 aliphatic rings. The van der Waals surface area contributed by atoms with Crippen LogP contribution in [0.5, 0.6) is 5.75 Å². The van der Waals surface area contributed by atoms with Crippen molar-refractivity contribution in [1.82, 2.24) is 0 Å². The second kappa shape index (κ2) is 6.81. The summed E-state index contributed by atoms with van der Waals surface area (Å²) in [6.45, 7) is 1.60. The van der Waals surface area contributed by atoms with Gasteiger partial charge in [-0.15, -0.1) is 0 Å². The molecule has 0 radical (unpaired) electrons. The molecule has 0 aromatic heterocycles. The fourth-order valence-electron chi connectivity index (χ4n) is 1.92. The Morgan fingerprint density at radius 2 is 1.76 bits per heavy atom. The zero-order valence-electron chi connectivity index (χ0n) is 12.9. The van der Waals surface area contributed by atoms with Crippen LogP contribution in [0.3, 0.4) is 0 Å². The van der Waals surface area contributed by atoms with Gasteiger partial charge in [0.1, 0.15) is 5.75 Å². The molecule has 0 unspecified atom stereocenters. The second-order valence-electron chi connectivity index (χ2n) is 5.07. The summed E-state index contributed by atoms with van der Waals surface area (Å²) < 4.78 is 43.2. The molecule has 0 fully saturated rings. The number of anilines is 1. The first-order chi connectivity index (χ1) is 11.5. The van der Waals surface area contributed by atoms with E-state index in [1.165, 1.54) is 18.2 Å². The quantitative estimate of drug-likeness (QED) is 0.385. The first kappa shape index (κ1) is 18.9. The van der Waals surface area contributed by atoms with E-state index in [2.05, 4.69) is 4.72 Å². The zero-order valence-corrected chi connectivity index (χ0v) is 14.7.